The molecule has 0 radical (unpaired) electrons. The first-order valence-corrected chi connectivity index (χ1v) is 6.91. The lowest BCUT2D eigenvalue weighted by Gasteiger charge is -2.38. The van der Waals surface area contributed by atoms with Gasteiger partial charge in [-0.05, 0) is 24.6 Å². The van der Waals surface area contributed by atoms with Gasteiger partial charge in [0.05, 0.1) is 19.3 Å². The second-order valence-corrected chi connectivity index (χ2v) is 5.32. The SMILES string of the molecule is CCC1COCCN1c1cc(Br)ccc1C(=N)N. The van der Waals surface area contributed by atoms with E-state index in [1.807, 2.05) is 18.2 Å². The molecule has 0 aliphatic carbocycles. The number of rotatable bonds is 3. The van der Waals surface area contributed by atoms with E-state index in [9.17, 15) is 0 Å². The molecule has 1 atom stereocenters. The number of nitrogens with two attached hydrogens (primary N) is 1. The molecule has 4 nitrogen and oxygen atoms in total. The highest BCUT2D eigenvalue weighted by atomic mass is 79.9. The molecule has 1 aliphatic heterocycles. The minimum absolute atomic E-state index is 0.110. The monoisotopic (exact) mass is 311 g/mol. The number of benzene rings is 1. The van der Waals surface area contributed by atoms with Crippen LogP contribution in [0.2, 0.25) is 0 Å². The van der Waals surface area contributed by atoms with Gasteiger partial charge in [0.15, 0.2) is 0 Å². The van der Waals surface area contributed by atoms with Crippen LogP contribution in [0.3, 0.4) is 0 Å². The molecule has 1 saturated heterocycles. The fraction of sp³-hybridized carbons (Fsp3) is 0.462. The first-order chi connectivity index (χ1) is 8.63. The summed E-state index contributed by atoms with van der Waals surface area (Å²) < 4.78 is 6.52. The van der Waals surface area contributed by atoms with Crippen LogP contribution in [0, 0.1) is 5.41 Å². The summed E-state index contributed by atoms with van der Waals surface area (Å²) in [6, 6.07) is 6.20. The van der Waals surface area contributed by atoms with E-state index in [2.05, 4.69) is 27.8 Å². The Hall–Kier alpha value is -1.07. The smallest absolute Gasteiger partial charge is 0.124 e. The average molecular weight is 312 g/mol. The van der Waals surface area contributed by atoms with Gasteiger partial charge in [-0.15, -0.1) is 0 Å². The van der Waals surface area contributed by atoms with Gasteiger partial charge in [0.1, 0.15) is 5.84 Å². The molecule has 0 bridgehead atoms. The van der Waals surface area contributed by atoms with Crippen molar-refractivity contribution in [1.29, 1.82) is 5.41 Å². The standard InChI is InChI=1S/C13H18BrN3O/c1-2-10-8-18-6-5-17(10)12-7-9(14)3-4-11(12)13(15)16/h3-4,7,10H,2,5-6,8H2,1H3,(H3,15,16). The van der Waals surface area contributed by atoms with Crippen LogP contribution in [-0.2, 0) is 4.74 Å². The molecule has 0 saturated carbocycles. The number of nitrogen functional groups attached to an aromatic ring is 1. The molecular weight excluding hydrogens is 294 g/mol. The molecule has 98 valence electrons. The van der Waals surface area contributed by atoms with Crippen LogP contribution in [-0.4, -0.2) is 31.6 Å². The van der Waals surface area contributed by atoms with Gasteiger partial charge in [-0.3, -0.25) is 5.41 Å². The Morgan fingerprint density at radius 2 is 2.39 bits per heavy atom. The van der Waals surface area contributed by atoms with Gasteiger partial charge in [-0.1, -0.05) is 22.9 Å². The van der Waals surface area contributed by atoms with Crippen molar-refractivity contribution in [3.63, 3.8) is 0 Å². The van der Waals surface area contributed by atoms with Gasteiger partial charge in [0.2, 0.25) is 0 Å². The van der Waals surface area contributed by atoms with Crippen molar-refractivity contribution < 1.29 is 4.74 Å². The van der Waals surface area contributed by atoms with Crippen molar-refractivity contribution in [2.75, 3.05) is 24.7 Å². The van der Waals surface area contributed by atoms with Crippen molar-refractivity contribution in [2.45, 2.75) is 19.4 Å². The zero-order valence-electron chi connectivity index (χ0n) is 10.4. The predicted octanol–water partition coefficient (Wildman–Crippen LogP) is 2.35. The number of nitrogens with one attached hydrogen (secondary N) is 1. The van der Waals surface area contributed by atoms with E-state index in [0.717, 1.165) is 41.9 Å². The first kappa shape index (κ1) is 13.4. The number of anilines is 1. The summed E-state index contributed by atoms with van der Waals surface area (Å²) in [6.07, 6.45) is 1.02. The van der Waals surface area contributed by atoms with Gasteiger partial charge in [0, 0.05) is 22.3 Å². The van der Waals surface area contributed by atoms with E-state index in [4.69, 9.17) is 15.9 Å². The van der Waals surface area contributed by atoms with Crippen LogP contribution in [0.1, 0.15) is 18.9 Å². The third-order valence-corrected chi connectivity index (χ3v) is 3.75. The average Bonchev–Trinajstić information content (AvgIpc) is 2.38. The van der Waals surface area contributed by atoms with E-state index in [1.165, 1.54) is 0 Å². The van der Waals surface area contributed by atoms with Gasteiger partial charge in [-0.25, -0.2) is 0 Å². The topological polar surface area (TPSA) is 62.3 Å². The Morgan fingerprint density at radius 3 is 3.06 bits per heavy atom. The summed E-state index contributed by atoms with van der Waals surface area (Å²) >= 11 is 3.48. The van der Waals surface area contributed by atoms with Gasteiger partial charge in [0.25, 0.3) is 0 Å². The van der Waals surface area contributed by atoms with Crippen molar-refractivity contribution in [2.24, 2.45) is 5.73 Å². The molecule has 0 aromatic heterocycles. The van der Waals surface area contributed by atoms with Crippen LogP contribution in [0.15, 0.2) is 22.7 Å². The van der Waals surface area contributed by atoms with Crippen LogP contribution in [0.25, 0.3) is 0 Å². The second-order valence-electron chi connectivity index (χ2n) is 4.41. The van der Waals surface area contributed by atoms with Gasteiger partial charge >= 0.3 is 0 Å². The molecule has 1 aromatic carbocycles. The molecular formula is C13H18BrN3O. The fourth-order valence-electron chi connectivity index (χ4n) is 2.28. The highest BCUT2D eigenvalue weighted by Gasteiger charge is 2.24. The lowest BCUT2D eigenvalue weighted by Crippen LogP contribution is -2.46. The van der Waals surface area contributed by atoms with Gasteiger partial charge < -0.3 is 15.4 Å². The normalized spacial score (nSPS) is 19.9. The minimum Gasteiger partial charge on any atom is -0.384 e. The molecule has 0 amide bonds. The second kappa shape index (κ2) is 5.71. The van der Waals surface area contributed by atoms with Crippen LogP contribution >= 0.6 is 15.9 Å². The first-order valence-electron chi connectivity index (χ1n) is 6.11. The maximum absolute atomic E-state index is 7.69. The summed E-state index contributed by atoms with van der Waals surface area (Å²) in [5.74, 6) is 0.110. The maximum atomic E-state index is 7.69. The number of ether oxygens (including phenoxy) is 1. The number of halogens is 1. The highest BCUT2D eigenvalue weighted by Crippen LogP contribution is 2.28. The molecule has 5 heteroatoms. The molecule has 1 aliphatic rings. The lowest BCUT2D eigenvalue weighted by molar-refractivity contribution is 0.0930. The van der Waals surface area contributed by atoms with Crippen LogP contribution < -0.4 is 10.6 Å². The van der Waals surface area contributed by atoms with Crippen molar-refractivity contribution in [1.82, 2.24) is 0 Å². The number of hydrogen-bond acceptors (Lipinski definition) is 3. The summed E-state index contributed by atoms with van der Waals surface area (Å²) in [5.41, 5.74) is 7.48. The molecule has 3 N–H and O–H groups in total. The molecule has 0 spiro atoms. The summed E-state index contributed by atoms with van der Waals surface area (Å²) in [5, 5.41) is 7.69. The van der Waals surface area contributed by atoms with Crippen molar-refractivity contribution in [3.05, 3.63) is 28.2 Å². The van der Waals surface area contributed by atoms with E-state index in [0.29, 0.717) is 6.04 Å². The highest BCUT2D eigenvalue weighted by molar-refractivity contribution is 9.10. The molecule has 1 fully saturated rings. The zero-order chi connectivity index (χ0) is 13.1. The third-order valence-electron chi connectivity index (χ3n) is 3.26. The van der Waals surface area contributed by atoms with Crippen molar-refractivity contribution in [3.8, 4) is 0 Å². The third kappa shape index (κ3) is 2.67. The molecule has 2 rings (SSSR count). The number of amidine groups is 1. The molecule has 18 heavy (non-hydrogen) atoms. The lowest BCUT2D eigenvalue weighted by atomic mass is 10.1. The van der Waals surface area contributed by atoms with E-state index >= 15 is 0 Å². The van der Waals surface area contributed by atoms with E-state index < -0.39 is 0 Å². The Labute approximate surface area is 116 Å². The summed E-state index contributed by atoms with van der Waals surface area (Å²) in [4.78, 5) is 2.30. The molecule has 1 heterocycles. The van der Waals surface area contributed by atoms with Crippen molar-refractivity contribution >= 4 is 27.5 Å². The number of hydrogen-bond donors (Lipinski definition) is 2. The number of morpholine rings is 1. The molecule has 1 aromatic rings. The van der Waals surface area contributed by atoms with E-state index in [1.54, 1.807) is 0 Å². The quantitative estimate of drug-likeness (QED) is 0.665. The Morgan fingerprint density at radius 1 is 1.61 bits per heavy atom. The maximum Gasteiger partial charge on any atom is 0.124 e. The van der Waals surface area contributed by atoms with Gasteiger partial charge in [-0.2, -0.15) is 0 Å². The Balaban J connectivity index is 2.41. The number of nitrogens with zero attached hydrogens (tertiary/aromatic N) is 1. The minimum atomic E-state index is 0.110. The summed E-state index contributed by atoms with van der Waals surface area (Å²) in [6.45, 7) is 4.45. The Bertz CT molecular complexity index is 450. The zero-order valence-corrected chi connectivity index (χ0v) is 12.0. The summed E-state index contributed by atoms with van der Waals surface area (Å²) in [7, 11) is 0. The van der Waals surface area contributed by atoms with Crippen LogP contribution in [0.5, 0.6) is 0 Å². The Kier molecular flexibility index (Phi) is 4.24. The predicted molar refractivity (Wildman–Crippen MR) is 77.4 cm³/mol. The largest absolute Gasteiger partial charge is 0.384 e. The van der Waals surface area contributed by atoms with E-state index in [-0.39, 0.29) is 5.84 Å². The molecule has 1 unspecified atom stereocenters. The fourth-order valence-corrected chi connectivity index (χ4v) is 2.63. The van der Waals surface area contributed by atoms with Crippen LogP contribution in [0.4, 0.5) is 5.69 Å².